The van der Waals surface area contributed by atoms with Gasteiger partial charge >= 0.3 is 5.97 Å². The highest BCUT2D eigenvalue weighted by Gasteiger charge is 2.31. The summed E-state index contributed by atoms with van der Waals surface area (Å²) in [5.74, 6) is -2.97. The van der Waals surface area contributed by atoms with Gasteiger partial charge in [-0.25, -0.2) is 4.79 Å². The van der Waals surface area contributed by atoms with Gasteiger partial charge in [-0.15, -0.1) is 0 Å². The van der Waals surface area contributed by atoms with Crippen LogP contribution >= 0.6 is 0 Å². The van der Waals surface area contributed by atoms with Crippen molar-refractivity contribution in [2.24, 2.45) is 0 Å². The molecule has 10 nitrogen and oxygen atoms in total. The van der Waals surface area contributed by atoms with Gasteiger partial charge in [0.05, 0.1) is 6.61 Å². The highest BCUT2D eigenvalue weighted by atomic mass is 16.5. The minimum atomic E-state index is -1.35. The number of benzene rings is 2. The largest absolute Gasteiger partial charge is 0.464 e. The molecular weight excluding hydrogens is 488 g/mol. The van der Waals surface area contributed by atoms with Crippen LogP contribution in [-0.4, -0.2) is 48.0 Å². The summed E-state index contributed by atoms with van der Waals surface area (Å²) < 4.78 is 5.27. The minimum absolute atomic E-state index is 0.117. The number of anilines is 2. The number of Topliss-reactive ketones (excluding diaryl/α,β-unsaturated/α-hetero) is 2. The van der Waals surface area contributed by atoms with Crippen molar-refractivity contribution in [3.63, 3.8) is 0 Å². The molecule has 204 valence electrons. The number of hydrogen-bond donors (Lipinski definition) is 4. The molecule has 2 unspecified atom stereocenters. The number of amides is 2. The summed E-state index contributed by atoms with van der Waals surface area (Å²) >= 11 is 0. The fraction of sp³-hybridized carbons (Fsp3) is 0.393. The second kappa shape index (κ2) is 15.1. The number of ether oxygens (including phenoxy) is 1. The molecule has 0 aromatic heterocycles. The van der Waals surface area contributed by atoms with Crippen LogP contribution in [0.1, 0.15) is 73.1 Å². The van der Waals surface area contributed by atoms with Crippen LogP contribution in [0.4, 0.5) is 11.4 Å². The number of unbranched alkanes of at least 4 members (excludes halogenated alkanes) is 1. The van der Waals surface area contributed by atoms with Gasteiger partial charge in [-0.3, -0.25) is 19.2 Å². The van der Waals surface area contributed by atoms with E-state index in [4.69, 9.17) is 16.2 Å². The number of nitrogen functional groups attached to an aromatic ring is 2. The van der Waals surface area contributed by atoms with Crippen molar-refractivity contribution < 1.29 is 28.7 Å². The standard InChI is InChI=1S/C28H36N4O6/c1-3-5-15-38-28(37)23(17-25(34)19-12-7-9-14-21(19)30)32-27(36)22(31-26(35)10-4-2)16-24(33)18-11-6-8-13-20(18)29/h6-9,11-14,22-23H,3-5,10,15-17,29-30H2,1-2H3,(H,31,35)(H,32,36). The zero-order chi connectivity index (χ0) is 28.1. The normalized spacial score (nSPS) is 12.2. The predicted octanol–water partition coefficient (Wildman–Crippen LogP) is 2.81. The van der Waals surface area contributed by atoms with Crippen molar-refractivity contribution in [2.45, 2.75) is 64.5 Å². The van der Waals surface area contributed by atoms with E-state index in [0.717, 1.165) is 6.42 Å². The average Bonchev–Trinajstić information content (AvgIpc) is 2.88. The molecule has 2 aromatic rings. The molecule has 6 N–H and O–H groups in total. The molecule has 0 saturated carbocycles. The van der Waals surface area contributed by atoms with Crippen LogP contribution in [0.2, 0.25) is 0 Å². The number of nitrogens with two attached hydrogens (primary N) is 2. The van der Waals surface area contributed by atoms with E-state index in [9.17, 15) is 24.0 Å². The molecule has 0 aliphatic carbocycles. The lowest BCUT2D eigenvalue weighted by Crippen LogP contribution is -2.53. The smallest absolute Gasteiger partial charge is 0.329 e. The Kier molecular flexibility index (Phi) is 12.0. The lowest BCUT2D eigenvalue weighted by Gasteiger charge is -2.22. The number of carbonyl (C=O) groups excluding carboxylic acids is 5. The van der Waals surface area contributed by atoms with Crippen LogP contribution in [0.25, 0.3) is 0 Å². The Bertz CT molecular complexity index is 1150. The van der Waals surface area contributed by atoms with Gasteiger partial charge in [-0.1, -0.05) is 44.5 Å². The zero-order valence-electron chi connectivity index (χ0n) is 21.8. The Labute approximate surface area is 222 Å². The van der Waals surface area contributed by atoms with Gasteiger partial charge in [-0.2, -0.15) is 0 Å². The number of nitrogens with one attached hydrogen (secondary N) is 2. The van der Waals surface area contributed by atoms with E-state index in [1.807, 2.05) is 6.92 Å². The third kappa shape index (κ3) is 9.02. The second-order valence-corrected chi connectivity index (χ2v) is 8.88. The SMILES string of the molecule is CCCCOC(=O)C(CC(=O)c1ccccc1N)NC(=O)C(CC(=O)c1ccccc1N)NC(=O)CCC. The quantitative estimate of drug-likeness (QED) is 0.119. The molecule has 0 spiro atoms. The van der Waals surface area contributed by atoms with Crippen molar-refractivity contribution in [2.75, 3.05) is 18.1 Å². The molecule has 0 bridgehead atoms. The summed E-state index contributed by atoms with van der Waals surface area (Å²) in [6.45, 7) is 3.84. The lowest BCUT2D eigenvalue weighted by molar-refractivity contribution is -0.148. The number of para-hydroxylation sites is 2. The third-order valence-electron chi connectivity index (χ3n) is 5.77. The highest BCUT2D eigenvalue weighted by molar-refractivity contribution is 6.05. The summed E-state index contributed by atoms with van der Waals surface area (Å²) in [4.78, 5) is 64.4. The maximum absolute atomic E-state index is 13.3. The number of rotatable bonds is 15. The molecule has 2 atom stereocenters. The Balaban J connectivity index is 2.27. The van der Waals surface area contributed by atoms with E-state index < -0.39 is 54.3 Å². The first-order valence-corrected chi connectivity index (χ1v) is 12.7. The van der Waals surface area contributed by atoms with Crippen molar-refractivity contribution in [3.05, 3.63) is 59.7 Å². The summed E-state index contributed by atoms with van der Waals surface area (Å²) in [7, 11) is 0. The fourth-order valence-electron chi connectivity index (χ4n) is 3.68. The summed E-state index contributed by atoms with van der Waals surface area (Å²) in [6, 6.07) is 10.1. The van der Waals surface area contributed by atoms with E-state index in [1.165, 1.54) is 12.1 Å². The first kappa shape index (κ1) is 30.0. The van der Waals surface area contributed by atoms with Gasteiger partial charge in [-0.05, 0) is 37.1 Å². The molecule has 0 heterocycles. The lowest BCUT2D eigenvalue weighted by atomic mass is 9.99. The van der Waals surface area contributed by atoms with E-state index >= 15 is 0 Å². The molecule has 0 aliphatic rings. The van der Waals surface area contributed by atoms with E-state index in [1.54, 1.807) is 43.3 Å². The maximum Gasteiger partial charge on any atom is 0.329 e. The van der Waals surface area contributed by atoms with E-state index in [2.05, 4.69) is 10.6 Å². The van der Waals surface area contributed by atoms with E-state index in [-0.39, 0.29) is 35.5 Å². The van der Waals surface area contributed by atoms with Crippen molar-refractivity contribution in [1.82, 2.24) is 10.6 Å². The van der Waals surface area contributed by atoms with Crippen molar-refractivity contribution in [1.29, 1.82) is 0 Å². The molecule has 0 saturated heterocycles. The Hall–Kier alpha value is -4.21. The molecule has 0 fully saturated rings. The number of carbonyl (C=O) groups is 5. The predicted molar refractivity (Wildman–Crippen MR) is 144 cm³/mol. The molecule has 2 aromatic carbocycles. The van der Waals surface area contributed by atoms with Crippen molar-refractivity contribution >= 4 is 40.7 Å². The number of ketones is 2. The van der Waals surface area contributed by atoms with E-state index in [0.29, 0.717) is 12.8 Å². The van der Waals surface area contributed by atoms with Gasteiger partial charge in [0.15, 0.2) is 11.6 Å². The van der Waals surface area contributed by atoms with Crippen LogP contribution in [0.5, 0.6) is 0 Å². The first-order valence-electron chi connectivity index (χ1n) is 12.7. The Morgan fingerprint density at radius 3 is 1.79 bits per heavy atom. The van der Waals surface area contributed by atoms with Gasteiger partial charge in [0.1, 0.15) is 12.1 Å². The zero-order valence-corrected chi connectivity index (χ0v) is 21.8. The van der Waals surface area contributed by atoms with Gasteiger partial charge in [0.2, 0.25) is 11.8 Å². The number of esters is 1. The second-order valence-electron chi connectivity index (χ2n) is 8.88. The van der Waals surface area contributed by atoms with Crippen LogP contribution in [0, 0.1) is 0 Å². The average molecular weight is 525 g/mol. The Morgan fingerprint density at radius 2 is 1.29 bits per heavy atom. The highest BCUT2D eigenvalue weighted by Crippen LogP contribution is 2.17. The van der Waals surface area contributed by atoms with Gasteiger partial charge in [0.25, 0.3) is 0 Å². The summed E-state index contributed by atoms with van der Waals surface area (Å²) in [6.07, 6.45) is 1.24. The molecule has 0 radical (unpaired) electrons. The van der Waals surface area contributed by atoms with Crippen LogP contribution in [0.15, 0.2) is 48.5 Å². The molecule has 2 amide bonds. The molecule has 38 heavy (non-hydrogen) atoms. The number of hydrogen-bond acceptors (Lipinski definition) is 8. The van der Waals surface area contributed by atoms with Crippen LogP contribution < -0.4 is 22.1 Å². The van der Waals surface area contributed by atoms with Gasteiger partial charge < -0.3 is 26.8 Å². The fourth-order valence-corrected chi connectivity index (χ4v) is 3.68. The minimum Gasteiger partial charge on any atom is -0.464 e. The van der Waals surface area contributed by atoms with Crippen LogP contribution in [-0.2, 0) is 19.1 Å². The summed E-state index contributed by atoms with van der Waals surface area (Å²) in [5.41, 5.74) is 12.7. The van der Waals surface area contributed by atoms with Crippen LogP contribution in [0.3, 0.4) is 0 Å². The topological polar surface area (TPSA) is 171 Å². The summed E-state index contributed by atoms with van der Waals surface area (Å²) in [5, 5.41) is 5.07. The molecule has 10 heteroatoms. The maximum atomic E-state index is 13.3. The molecular formula is C28H36N4O6. The third-order valence-corrected chi connectivity index (χ3v) is 5.77. The van der Waals surface area contributed by atoms with Crippen molar-refractivity contribution in [3.8, 4) is 0 Å². The first-order chi connectivity index (χ1) is 18.2. The Morgan fingerprint density at radius 1 is 0.763 bits per heavy atom. The molecule has 0 aliphatic heterocycles. The molecule has 2 rings (SSSR count). The monoisotopic (exact) mass is 524 g/mol. The van der Waals surface area contributed by atoms with Gasteiger partial charge in [0, 0.05) is 41.8 Å².